The number of nitrogens with zero attached hydrogens (tertiary/aromatic N) is 1. The number of hydrogen-bond acceptors (Lipinski definition) is 2. The molecule has 0 unspecified atom stereocenters. The Hall–Kier alpha value is -2.55. The van der Waals surface area contributed by atoms with Gasteiger partial charge in [0.25, 0.3) is 0 Å². The molecule has 0 saturated carbocycles. The third-order valence-corrected chi connectivity index (χ3v) is 3.10. The second-order valence-electron chi connectivity index (χ2n) is 4.63. The fourth-order valence-electron chi connectivity index (χ4n) is 2.03. The number of H-pyrrole nitrogens is 1. The Balaban J connectivity index is 1.59. The van der Waals surface area contributed by atoms with Gasteiger partial charge in [0.05, 0.1) is 0 Å². The molecule has 3 nitrogen and oxygen atoms in total. The van der Waals surface area contributed by atoms with Crippen LogP contribution in [0.2, 0.25) is 0 Å². The molecule has 0 aliphatic carbocycles. The summed E-state index contributed by atoms with van der Waals surface area (Å²) >= 11 is 0. The van der Waals surface area contributed by atoms with Crippen LogP contribution in [0.25, 0.3) is 0 Å². The Bertz CT molecular complexity index is 631. The number of aromatic amines is 1. The van der Waals surface area contributed by atoms with E-state index in [1.54, 1.807) is 6.20 Å². The van der Waals surface area contributed by atoms with Crippen LogP contribution in [0.15, 0.2) is 67.0 Å². The van der Waals surface area contributed by atoms with E-state index in [0.29, 0.717) is 6.61 Å². The molecule has 3 rings (SSSR count). The van der Waals surface area contributed by atoms with Crippen molar-refractivity contribution in [1.29, 1.82) is 0 Å². The zero-order valence-electron chi connectivity index (χ0n) is 11.1. The molecule has 20 heavy (non-hydrogen) atoms. The summed E-state index contributed by atoms with van der Waals surface area (Å²) < 4.78 is 5.76. The number of benzene rings is 2. The first kappa shape index (κ1) is 12.5. The van der Waals surface area contributed by atoms with Gasteiger partial charge in [-0.2, -0.15) is 0 Å². The molecule has 0 fully saturated rings. The lowest BCUT2D eigenvalue weighted by molar-refractivity contribution is 0.306. The monoisotopic (exact) mass is 264 g/mol. The summed E-state index contributed by atoms with van der Waals surface area (Å²) in [6.45, 7) is 0.596. The second kappa shape index (κ2) is 6.06. The van der Waals surface area contributed by atoms with Gasteiger partial charge in [-0.1, -0.05) is 42.5 Å². The molecule has 0 saturated heterocycles. The fourth-order valence-corrected chi connectivity index (χ4v) is 2.03. The van der Waals surface area contributed by atoms with Gasteiger partial charge in [-0.25, -0.2) is 4.98 Å². The predicted octanol–water partition coefficient (Wildman–Crippen LogP) is 3.58. The van der Waals surface area contributed by atoms with E-state index in [9.17, 15) is 0 Å². The lowest BCUT2D eigenvalue weighted by Gasteiger charge is -2.07. The minimum absolute atomic E-state index is 0.596. The van der Waals surface area contributed by atoms with E-state index in [0.717, 1.165) is 18.0 Å². The lowest BCUT2D eigenvalue weighted by Crippen LogP contribution is -1.95. The van der Waals surface area contributed by atoms with Gasteiger partial charge >= 0.3 is 0 Å². The highest BCUT2D eigenvalue weighted by Gasteiger charge is 2.00. The second-order valence-corrected chi connectivity index (χ2v) is 4.63. The number of aromatic nitrogens is 2. The third kappa shape index (κ3) is 3.26. The quantitative estimate of drug-likeness (QED) is 0.765. The lowest BCUT2D eigenvalue weighted by atomic mass is 10.1. The van der Waals surface area contributed by atoms with Gasteiger partial charge in [-0.15, -0.1) is 0 Å². The number of imidazole rings is 1. The number of ether oxygens (including phenoxy) is 1. The summed E-state index contributed by atoms with van der Waals surface area (Å²) in [4.78, 5) is 7.33. The molecule has 0 atom stereocenters. The first-order chi connectivity index (χ1) is 9.90. The summed E-state index contributed by atoms with van der Waals surface area (Å²) in [5.41, 5.74) is 2.39. The summed E-state index contributed by atoms with van der Waals surface area (Å²) in [6.07, 6.45) is 4.42. The molecule has 100 valence electrons. The highest BCUT2D eigenvalue weighted by Crippen LogP contribution is 2.15. The number of rotatable bonds is 5. The molecule has 0 radical (unpaired) electrons. The van der Waals surface area contributed by atoms with Gasteiger partial charge in [0.15, 0.2) is 0 Å². The van der Waals surface area contributed by atoms with Gasteiger partial charge in [-0.05, 0) is 23.3 Å². The molecule has 1 aromatic heterocycles. The summed E-state index contributed by atoms with van der Waals surface area (Å²) in [5.74, 6) is 1.86. The maximum atomic E-state index is 5.76. The van der Waals surface area contributed by atoms with Crippen LogP contribution in [0.1, 0.15) is 17.0 Å². The van der Waals surface area contributed by atoms with Gasteiger partial charge in [0, 0.05) is 18.8 Å². The zero-order chi connectivity index (χ0) is 13.6. The van der Waals surface area contributed by atoms with Gasteiger partial charge < -0.3 is 9.72 Å². The van der Waals surface area contributed by atoms with Crippen LogP contribution >= 0.6 is 0 Å². The van der Waals surface area contributed by atoms with E-state index in [2.05, 4.69) is 34.2 Å². The van der Waals surface area contributed by atoms with Crippen LogP contribution in [0.4, 0.5) is 0 Å². The molecule has 0 amide bonds. The number of nitrogens with one attached hydrogen (secondary N) is 1. The van der Waals surface area contributed by atoms with Crippen molar-refractivity contribution >= 4 is 0 Å². The Kier molecular flexibility index (Phi) is 3.78. The van der Waals surface area contributed by atoms with E-state index >= 15 is 0 Å². The molecule has 1 N–H and O–H groups in total. The molecule has 3 heteroatoms. The van der Waals surface area contributed by atoms with E-state index in [4.69, 9.17) is 4.74 Å². The Morgan fingerprint density at radius 2 is 1.70 bits per heavy atom. The topological polar surface area (TPSA) is 37.9 Å². The maximum Gasteiger partial charge on any atom is 0.119 e. The van der Waals surface area contributed by atoms with Crippen LogP contribution in [-0.2, 0) is 13.0 Å². The van der Waals surface area contributed by atoms with Crippen molar-refractivity contribution in [3.05, 3.63) is 83.9 Å². The smallest absolute Gasteiger partial charge is 0.119 e. The molecule has 0 aliphatic rings. The summed E-state index contributed by atoms with van der Waals surface area (Å²) in [5, 5.41) is 0. The van der Waals surface area contributed by atoms with Gasteiger partial charge in [0.2, 0.25) is 0 Å². The first-order valence-electron chi connectivity index (χ1n) is 6.64. The van der Waals surface area contributed by atoms with Crippen molar-refractivity contribution < 1.29 is 4.74 Å². The van der Waals surface area contributed by atoms with Crippen LogP contribution in [-0.4, -0.2) is 9.97 Å². The van der Waals surface area contributed by atoms with Crippen LogP contribution in [0.5, 0.6) is 5.75 Å². The molecular weight excluding hydrogens is 248 g/mol. The Morgan fingerprint density at radius 1 is 0.900 bits per heavy atom. The van der Waals surface area contributed by atoms with Crippen molar-refractivity contribution in [2.24, 2.45) is 0 Å². The average Bonchev–Trinajstić information content (AvgIpc) is 3.01. The number of hydrogen-bond donors (Lipinski definition) is 1. The highest BCUT2D eigenvalue weighted by atomic mass is 16.5. The summed E-state index contributed by atoms with van der Waals surface area (Å²) in [7, 11) is 0. The minimum atomic E-state index is 0.596. The average molecular weight is 264 g/mol. The highest BCUT2D eigenvalue weighted by molar-refractivity contribution is 5.29. The van der Waals surface area contributed by atoms with Crippen LogP contribution in [0.3, 0.4) is 0 Å². The predicted molar refractivity (Wildman–Crippen MR) is 78.6 cm³/mol. The van der Waals surface area contributed by atoms with Gasteiger partial charge in [0.1, 0.15) is 18.2 Å². The van der Waals surface area contributed by atoms with Crippen molar-refractivity contribution in [3.8, 4) is 5.75 Å². The fraction of sp³-hybridized carbons (Fsp3) is 0.118. The van der Waals surface area contributed by atoms with Crippen molar-refractivity contribution in [2.45, 2.75) is 13.0 Å². The largest absolute Gasteiger partial charge is 0.489 e. The molecule has 0 spiro atoms. The summed E-state index contributed by atoms with van der Waals surface area (Å²) in [6, 6.07) is 18.3. The third-order valence-electron chi connectivity index (χ3n) is 3.10. The Morgan fingerprint density at radius 3 is 2.40 bits per heavy atom. The van der Waals surface area contributed by atoms with Crippen molar-refractivity contribution in [2.75, 3.05) is 0 Å². The Labute approximate surface area is 118 Å². The van der Waals surface area contributed by atoms with E-state index in [-0.39, 0.29) is 0 Å². The van der Waals surface area contributed by atoms with Crippen LogP contribution < -0.4 is 4.74 Å². The van der Waals surface area contributed by atoms with Crippen molar-refractivity contribution in [3.63, 3.8) is 0 Å². The molecule has 0 bridgehead atoms. The molecule has 2 aromatic carbocycles. The standard InChI is InChI=1S/C17H16N2O/c1-2-4-15(5-3-1)13-20-16-8-6-14(7-9-16)12-17-18-10-11-19-17/h1-11H,12-13H2,(H,18,19). The molecule has 0 aliphatic heterocycles. The SMILES string of the molecule is c1ccc(COc2ccc(Cc3ncc[nH]3)cc2)cc1. The van der Waals surface area contributed by atoms with E-state index in [1.165, 1.54) is 11.1 Å². The van der Waals surface area contributed by atoms with Gasteiger partial charge in [-0.3, -0.25) is 0 Å². The first-order valence-corrected chi connectivity index (χ1v) is 6.64. The molecule has 3 aromatic rings. The van der Waals surface area contributed by atoms with E-state index in [1.807, 2.05) is 36.5 Å². The molecule has 1 heterocycles. The molecular formula is C17H16N2O. The van der Waals surface area contributed by atoms with E-state index < -0.39 is 0 Å². The minimum Gasteiger partial charge on any atom is -0.489 e. The maximum absolute atomic E-state index is 5.76. The van der Waals surface area contributed by atoms with Crippen molar-refractivity contribution in [1.82, 2.24) is 9.97 Å². The van der Waals surface area contributed by atoms with Crippen LogP contribution in [0, 0.1) is 0 Å². The normalized spacial score (nSPS) is 10.4. The zero-order valence-corrected chi connectivity index (χ0v) is 11.1.